The fraction of sp³-hybridized carbons (Fsp3) is 0.357. The van der Waals surface area contributed by atoms with Crippen LogP contribution in [0.3, 0.4) is 0 Å². The standard InChI is InChI=1S/C14H15NO6/c1-21-9-4-2-8-3-5-10(14(19)20)13(18)15(7-12(16)17)11(8)6-9/h2,4,6,10H,3,5,7H2,1H3,(H,16,17)(H,19,20). The Hall–Kier alpha value is -2.57. The number of hydrogen-bond acceptors (Lipinski definition) is 4. The molecule has 1 heterocycles. The molecule has 1 aliphatic rings. The van der Waals surface area contributed by atoms with Crippen molar-refractivity contribution < 1.29 is 29.3 Å². The number of benzene rings is 1. The molecule has 1 aromatic rings. The molecule has 1 aromatic carbocycles. The second-order valence-electron chi connectivity index (χ2n) is 4.74. The second kappa shape index (κ2) is 5.82. The first kappa shape index (κ1) is 14.8. The summed E-state index contributed by atoms with van der Waals surface area (Å²) in [5.41, 5.74) is 1.12. The van der Waals surface area contributed by atoms with Crippen LogP contribution in [0, 0.1) is 5.92 Å². The lowest BCUT2D eigenvalue weighted by Gasteiger charge is -2.23. The van der Waals surface area contributed by atoms with Crippen LogP contribution in [-0.2, 0) is 20.8 Å². The Labute approximate surface area is 120 Å². The number of carboxylic acid groups (broad SMARTS) is 2. The molecule has 0 saturated heterocycles. The van der Waals surface area contributed by atoms with E-state index in [1.807, 2.05) is 0 Å². The molecule has 0 aromatic heterocycles. The number of carbonyl (C=O) groups excluding carboxylic acids is 1. The van der Waals surface area contributed by atoms with E-state index in [1.165, 1.54) is 7.11 Å². The predicted octanol–water partition coefficient (Wildman–Crippen LogP) is 0.760. The molecule has 2 N–H and O–H groups in total. The normalized spacial score (nSPS) is 17.9. The maximum atomic E-state index is 12.3. The first-order valence-electron chi connectivity index (χ1n) is 6.37. The molecule has 0 bridgehead atoms. The Morgan fingerprint density at radius 1 is 1.38 bits per heavy atom. The van der Waals surface area contributed by atoms with Crippen LogP contribution in [0.4, 0.5) is 5.69 Å². The number of aryl methyl sites for hydroxylation is 1. The second-order valence-corrected chi connectivity index (χ2v) is 4.74. The van der Waals surface area contributed by atoms with E-state index in [9.17, 15) is 14.4 Å². The fourth-order valence-corrected chi connectivity index (χ4v) is 2.39. The molecule has 0 spiro atoms. The maximum Gasteiger partial charge on any atom is 0.323 e. The van der Waals surface area contributed by atoms with Crippen molar-refractivity contribution in [3.8, 4) is 5.75 Å². The lowest BCUT2D eigenvalue weighted by molar-refractivity contribution is -0.147. The zero-order valence-electron chi connectivity index (χ0n) is 11.4. The Morgan fingerprint density at radius 2 is 2.10 bits per heavy atom. The molecule has 7 heteroatoms. The Balaban J connectivity index is 2.50. The van der Waals surface area contributed by atoms with Crippen molar-refractivity contribution in [3.63, 3.8) is 0 Å². The lowest BCUT2D eigenvalue weighted by atomic mass is 10.0. The lowest BCUT2D eigenvalue weighted by Crippen LogP contribution is -2.41. The zero-order chi connectivity index (χ0) is 15.6. The van der Waals surface area contributed by atoms with E-state index in [4.69, 9.17) is 14.9 Å². The van der Waals surface area contributed by atoms with Gasteiger partial charge in [-0.15, -0.1) is 0 Å². The first-order valence-corrected chi connectivity index (χ1v) is 6.37. The molecule has 21 heavy (non-hydrogen) atoms. The minimum absolute atomic E-state index is 0.142. The highest BCUT2D eigenvalue weighted by Gasteiger charge is 2.36. The van der Waals surface area contributed by atoms with Crippen LogP contribution in [-0.4, -0.2) is 41.7 Å². The first-order chi connectivity index (χ1) is 9.93. The van der Waals surface area contributed by atoms with Gasteiger partial charge in [-0.3, -0.25) is 14.4 Å². The quantitative estimate of drug-likeness (QED) is 0.794. The zero-order valence-corrected chi connectivity index (χ0v) is 11.4. The summed E-state index contributed by atoms with van der Waals surface area (Å²) in [6.45, 7) is -0.581. The van der Waals surface area contributed by atoms with Crippen molar-refractivity contribution in [2.45, 2.75) is 12.8 Å². The number of aliphatic carboxylic acids is 2. The molecule has 0 aliphatic carbocycles. The van der Waals surface area contributed by atoms with Gasteiger partial charge < -0.3 is 19.8 Å². The molecule has 1 amide bonds. The average Bonchev–Trinajstić information content (AvgIpc) is 2.56. The third kappa shape index (κ3) is 2.96. The number of ether oxygens (including phenoxy) is 1. The molecule has 0 saturated carbocycles. The van der Waals surface area contributed by atoms with E-state index < -0.39 is 30.3 Å². The van der Waals surface area contributed by atoms with Gasteiger partial charge in [-0.1, -0.05) is 6.07 Å². The van der Waals surface area contributed by atoms with Gasteiger partial charge in [0.05, 0.1) is 12.8 Å². The van der Waals surface area contributed by atoms with Crippen LogP contribution in [0.25, 0.3) is 0 Å². The largest absolute Gasteiger partial charge is 0.497 e. The van der Waals surface area contributed by atoms with Gasteiger partial charge in [0.1, 0.15) is 18.2 Å². The van der Waals surface area contributed by atoms with Crippen molar-refractivity contribution in [2.24, 2.45) is 5.92 Å². The summed E-state index contributed by atoms with van der Waals surface area (Å²) in [7, 11) is 1.46. The Kier molecular flexibility index (Phi) is 4.11. The minimum Gasteiger partial charge on any atom is -0.497 e. The smallest absolute Gasteiger partial charge is 0.323 e. The van der Waals surface area contributed by atoms with Crippen molar-refractivity contribution in [1.82, 2.24) is 0 Å². The Bertz CT molecular complexity index is 597. The summed E-state index contributed by atoms with van der Waals surface area (Å²) < 4.78 is 5.08. The van der Waals surface area contributed by atoms with Crippen LogP contribution in [0.1, 0.15) is 12.0 Å². The number of carboxylic acids is 2. The molecule has 1 unspecified atom stereocenters. The SMILES string of the molecule is COc1ccc2c(c1)N(CC(=O)O)C(=O)C(C(=O)O)CC2. The molecular weight excluding hydrogens is 278 g/mol. The van der Waals surface area contributed by atoms with Gasteiger partial charge in [0.15, 0.2) is 0 Å². The van der Waals surface area contributed by atoms with E-state index in [2.05, 4.69) is 0 Å². The van der Waals surface area contributed by atoms with Gasteiger partial charge in [0.2, 0.25) is 5.91 Å². The van der Waals surface area contributed by atoms with Gasteiger partial charge in [-0.2, -0.15) is 0 Å². The molecule has 0 fully saturated rings. The molecule has 1 aliphatic heterocycles. The molecule has 0 radical (unpaired) electrons. The molecule has 1 atom stereocenters. The van der Waals surface area contributed by atoms with Gasteiger partial charge in [-0.25, -0.2) is 0 Å². The van der Waals surface area contributed by atoms with E-state index in [0.717, 1.165) is 10.5 Å². The van der Waals surface area contributed by atoms with E-state index in [-0.39, 0.29) is 6.42 Å². The van der Waals surface area contributed by atoms with E-state index in [0.29, 0.717) is 17.9 Å². The summed E-state index contributed by atoms with van der Waals surface area (Å²) in [4.78, 5) is 35.5. The summed E-state index contributed by atoms with van der Waals surface area (Å²) in [5, 5.41) is 18.1. The van der Waals surface area contributed by atoms with Gasteiger partial charge in [0, 0.05) is 6.07 Å². The van der Waals surface area contributed by atoms with Crippen molar-refractivity contribution in [1.29, 1.82) is 0 Å². The summed E-state index contributed by atoms with van der Waals surface area (Å²) in [6, 6.07) is 4.98. The van der Waals surface area contributed by atoms with E-state index >= 15 is 0 Å². The van der Waals surface area contributed by atoms with Gasteiger partial charge in [-0.05, 0) is 24.5 Å². The van der Waals surface area contributed by atoms with Crippen LogP contribution < -0.4 is 9.64 Å². The average molecular weight is 293 g/mol. The number of fused-ring (bicyclic) bond motifs is 1. The topological polar surface area (TPSA) is 104 Å². The van der Waals surface area contributed by atoms with Crippen LogP contribution in [0.15, 0.2) is 18.2 Å². The van der Waals surface area contributed by atoms with Crippen molar-refractivity contribution in [2.75, 3.05) is 18.6 Å². The van der Waals surface area contributed by atoms with Crippen LogP contribution in [0.2, 0.25) is 0 Å². The molecular formula is C14H15NO6. The van der Waals surface area contributed by atoms with Gasteiger partial charge in [0.25, 0.3) is 0 Å². The predicted molar refractivity (Wildman–Crippen MR) is 72.4 cm³/mol. The Morgan fingerprint density at radius 3 is 2.67 bits per heavy atom. The molecule has 2 rings (SSSR count). The van der Waals surface area contributed by atoms with Crippen LogP contribution in [0.5, 0.6) is 5.75 Å². The summed E-state index contributed by atoms with van der Waals surface area (Å²) in [5.74, 6) is -3.91. The minimum atomic E-state index is -1.24. The number of methoxy groups -OCH3 is 1. The third-order valence-corrected chi connectivity index (χ3v) is 3.44. The fourth-order valence-electron chi connectivity index (χ4n) is 2.39. The number of hydrogen-bond donors (Lipinski definition) is 2. The number of anilines is 1. The maximum absolute atomic E-state index is 12.3. The van der Waals surface area contributed by atoms with Gasteiger partial charge >= 0.3 is 11.9 Å². The third-order valence-electron chi connectivity index (χ3n) is 3.44. The highest BCUT2D eigenvalue weighted by molar-refractivity contribution is 6.08. The monoisotopic (exact) mass is 293 g/mol. The molecule has 112 valence electrons. The molecule has 7 nitrogen and oxygen atoms in total. The number of rotatable bonds is 4. The van der Waals surface area contributed by atoms with Crippen LogP contribution >= 0.6 is 0 Å². The number of carbonyl (C=O) groups is 3. The summed E-state index contributed by atoms with van der Waals surface area (Å²) in [6.07, 6.45) is 0.530. The highest BCUT2D eigenvalue weighted by Crippen LogP contribution is 2.32. The summed E-state index contributed by atoms with van der Waals surface area (Å²) >= 11 is 0. The number of amides is 1. The van der Waals surface area contributed by atoms with Crippen molar-refractivity contribution in [3.05, 3.63) is 23.8 Å². The highest BCUT2D eigenvalue weighted by atomic mass is 16.5. The van der Waals surface area contributed by atoms with E-state index in [1.54, 1.807) is 18.2 Å². The number of nitrogens with zero attached hydrogens (tertiary/aromatic N) is 1. The van der Waals surface area contributed by atoms with Crippen molar-refractivity contribution >= 4 is 23.5 Å².